The van der Waals surface area contributed by atoms with E-state index >= 15 is 0 Å². The summed E-state index contributed by atoms with van der Waals surface area (Å²) in [5.41, 5.74) is -0.179. The molecule has 2 rings (SSSR count). The number of esters is 1. The van der Waals surface area contributed by atoms with E-state index in [9.17, 15) is 9.59 Å². The van der Waals surface area contributed by atoms with Gasteiger partial charge in [0.05, 0.1) is 17.9 Å². The Morgan fingerprint density at radius 1 is 1.19 bits per heavy atom. The third-order valence-electron chi connectivity index (χ3n) is 5.09. The fraction of sp³-hybridized carbons (Fsp3) is 0.875. The van der Waals surface area contributed by atoms with Crippen molar-refractivity contribution in [3.8, 4) is 0 Å². The Hall–Kier alpha value is -1.10. The fourth-order valence-electron chi connectivity index (χ4n) is 3.54. The molecule has 2 aliphatic heterocycles. The Kier molecular flexibility index (Phi) is 5.62. The third kappa shape index (κ3) is 3.57. The van der Waals surface area contributed by atoms with Crippen LogP contribution in [0.4, 0.5) is 0 Å². The molecule has 2 saturated heterocycles. The predicted octanol–water partition coefficient (Wildman–Crippen LogP) is 1.57. The first-order valence-corrected chi connectivity index (χ1v) is 8.29. The average Bonchev–Trinajstić information content (AvgIpc) is 2.55. The molecule has 2 heterocycles. The summed E-state index contributed by atoms with van der Waals surface area (Å²) >= 11 is 0. The van der Waals surface area contributed by atoms with Crippen LogP contribution < -0.4 is 5.32 Å². The summed E-state index contributed by atoms with van der Waals surface area (Å²) in [6, 6.07) is 0. The van der Waals surface area contributed by atoms with E-state index in [1.807, 2.05) is 11.8 Å². The molecule has 0 aliphatic carbocycles. The molecule has 0 atom stereocenters. The number of piperidine rings is 2. The second kappa shape index (κ2) is 7.25. The number of ether oxygens (including phenoxy) is 1. The van der Waals surface area contributed by atoms with Crippen molar-refractivity contribution < 1.29 is 14.3 Å². The van der Waals surface area contributed by atoms with Gasteiger partial charge in [-0.3, -0.25) is 9.59 Å². The number of likely N-dealkylation sites (tertiary alicyclic amines) is 1. The van der Waals surface area contributed by atoms with Gasteiger partial charge < -0.3 is 15.0 Å². The molecule has 0 spiro atoms. The van der Waals surface area contributed by atoms with Gasteiger partial charge in [0.2, 0.25) is 5.91 Å². The minimum atomic E-state index is -0.179. The molecule has 0 unspecified atom stereocenters. The number of hydrogen-bond acceptors (Lipinski definition) is 4. The maximum absolute atomic E-state index is 12.9. The highest BCUT2D eigenvalue weighted by molar-refractivity contribution is 5.83. The van der Waals surface area contributed by atoms with Gasteiger partial charge in [0.15, 0.2) is 0 Å². The zero-order valence-electron chi connectivity index (χ0n) is 13.3. The van der Waals surface area contributed by atoms with Crippen molar-refractivity contribution in [1.82, 2.24) is 10.2 Å². The average molecular weight is 296 g/mol. The first-order chi connectivity index (χ1) is 10.1. The van der Waals surface area contributed by atoms with Crippen LogP contribution in [-0.2, 0) is 14.3 Å². The second-order valence-electron chi connectivity index (χ2n) is 6.20. The van der Waals surface area contributed by atoms with E-state index < -0.39 is 0 Å². The van der Waals surface area contributed by atoms with Gasteiger partial charge in [-0.05, 0) is 52.1 Å². The lowest BCUT2D eigenvalue weighted by Crippen LogP contribution is -2.51. The van der Waals surface area contributed by atoms with Crippen molar-refractivity contribution >= 4 is 11.9 Å². The third-order valence-corrected chi connectivity index (χ3v) is 5.09. The van der Waals surface area contributed by atoms with Crippen LogP contribution in [0.3, 0.4) is 0 Å². The van der Waals surface area contributed by atoms with Crippen molar-refractivity contribution in [3.05, 3.63) is 0 Å². The summed E-state index contributed by atoms with van der Waals surface area (Å²) in [5, 5.41) is 3.34. The van der Waals surface area contributed by atoms with E-state index in [1.54, 1.807) is 0 Å². The summed E-state index contributed by atoms with van der Waals surface area (Å²) in [6.45, 7) is 7.63. The quantitative estimate of drug-likeness (QED) is 0.800. The van der Waals surface area contributed by atoms with Crippen LogP contribution in [-0.4, -0.2) is 49.6 Å². The Balaban J connectivity index is 1.91. The van der Waals surface area contributed by atoms with E-state index in [0.29, 0.717) is 25.6 Å². The number of nitrogens with one attached hydrogen (secondary N) is 1. The molecule has 0 aromatic carbocycles. The van der Waals surface area contributed by atoms with Gasteiger partial charge in [0.1, 0.15) is 0 Å². The Morgan fingerprint density at radius 3 is 2.33 bits per heavy atom. The topological polar surface area (TPSA) is 58.6 Å². The molecule has 120 valence electrons. The maximum atomic E-state index is 12.9. The Morgan fingerprint density at radius 2 is 1.81 bits per heavy atom. The van der Waals surface area contributed by atoms with Crippen molar-refractivity contribution in [1.29, 1.82) is 0 Å². The Bertz CT molecular complexity index is 370. The number of rotatable bonds is 4. The largest absolute Gasteiger partial charge is 0.466 e. The highest BCUT2D eigenvalue weighted by Gasteiger charge is 2.41. The van der Waals surface area contributed by atoms with E-state index in [0.717, 1.165) is 45.2 Å². The van der Waals surface area contributed by atoms with E-state index in [-0.39, 0.29) is 17.3 Å². The molecule has 0 radical (unpaired) electrons. The van der Waals surface area contributed by atoms with Gasteiger partial charge in [-0.25, -0.2) is 0 Å². The maximum Gasteiger partial charge on any atom is 0.309 e. The van der Waals surface area contributed by atoms with E-state index in [1.165, 1.54) is 0 Å². The fourth-order valence-corrected chi connectivity index (χ4v) is 3.54. The lowest BCUT2D eigenvalue weighted by molar-refractivity contribution is -0.154. The monoisotopic (exact) mass is 296 g/mol. The van der Waals surface area contributed by atoms with Crippen LogP contribution in [0, 0.1) is 11.3 Å². The van der Waals surface area contributed by atoms with Gasteiger partial charge in [0.25, 0.3) is 0 Å². The number of amides is 1. The molecule has 0 bridgehead atoms. The summed E-state index contributed by atoms with van der Waals surface area (Å²) in [7, 11) is 0. The summed E-state index contributed by atoms with van der Waals surface area (Å²) in [6.07, 6.45) is 4.25. The summed E-state index contributed by atoms with van der Waals surface area (Å²) in [5.74, 6) is 0.171. The van der Waals surface area contributed by atoms with Gasteiger partial charge >= 0.3 is 5.97 Å². The molecule has 2 fully saturated rings. The van der Waals surface area contributed by atoms with Gasteiger partial charge in [-0.15, -0.1) is 0 Å². The zero-order chi connectivity index (χ0) is 15.3. The first-order valence-electron chi connectivity index (χ1n) is 8.29. The smallest absolute Gasteiger partial charge is 0.309 e. The number of hydrogen-bond donors (Lipinski definition) is 1. The van der Waals surface area contributed by atoms with Crippen LogP contribution in [0.2, 0.25) is 0 Å². The molecule has 21 heavy (non-hydrogen) atoms. The van der Waals surface area contributed by atoms with E-state index in [4.69, 9.17) is 4.74 Å². The normalized spacial score (nSPS) is 22.9. The van der Waals surface area contributed by atoms with Gasteiger partial charge in [-0.1, -0.05) is 6.92 Å². The van der Waals surface area contributed by atoms with Crippen LogP contribution in [0.15, 0.2) is 0 Å². The molecule has 1 amide bonds. The zero-order valence-corrected chi connectivity index (χ0v) is 13.3. The minimum Gasteiger partial charge on any atom is -0.466 e. The minimum absolute atomic E-state index is 0.0281. The van der Waals surface area contributed by atoms with Crippen LogP contribution in [0.25, 0.3) is 0 Å². The first kappa shape index (κ1) is 16.3. The summed E-state index contributed by atoms with van der Waals surface area (Å²) in [4.78, 5) is 26.6. The standard InChI is InChI=1S/C16H28N2O3/c1-3-16(7-9-17-10-8-16)15(20)18-11-5-13(6-12-18)14(19)21-4-2/h13,17H,3-12H2,1-2H3. The van der Waals surface area contributed by atoms with Gasteiger partial charge in [-0.2, -0.15) is 0 Å². The Labute approximate surface area is 127 Å². The number of carbonyl (C=O) groups excluding carboxylic acids is 2. The summed E-state index contributed by atoms with van der Waals surface area (Å²) < 4.78 is 5.08. The highest BCUT2D eigenvalue weighted by Crippen LogP contribution is 2.36. The molecule has 2 aliphatic rings. The second-order valence-corrected chi connectivity index (χ2v) is 6.20. The SMILES string of the molecule is CCOC(=O)C1CCN(C(=O)C2(CC)CCNCC2)CC1. The molecule has 0 aromatic heterocycles. The van der Waals surface area contributed by atoms with Crippen molar-refractivity contribution in [3.63, 3.8) is 0 Å². The van der Waals surface area contributed by atoms with Crippen LogP contribution in [0.5, 0.6) is 0 Å². The lowest BCUT2D eigenvalue weighted by atomic mass is 9.75. The number of carbonyl (C=O) groups is 2. The molecule has 0 saturated carbocycles. The molecule has 5 nitrogen and oxygen atoms in total. The highest BCUT2D eigenvalue weighted by atomic mass is 16.5. The van der Waals surface area contributed by atoms with Crippen LogP contribution in [0.1, 0.15) is 46.0 Å². The van der Waals surface area contributed by atoms with Crippen molar-refractivity contribution in [2.45, 2.75) is 46.0 Å². The molecular weight excluding hydrogens is 268 g/mol. The lowest BCUT2D eigenvalue weighted by Gasteiger charge is -2.41. The molecular formula is C16H28N2O3. The van der Waals surface area contributed by atoms with E-state index in [2.05, 4.69) is 12.2 Å². The molecule has 0 aromatic rings. The van der Waals surface area contributed by atoms with Crippen molar-refractivity contribution in [2.75, 3.05) is 32.8 Å². The molecule has 1 N–H and O–H groups in total. The predicted molar refractivity (Wildman–Crippen MR) is 80.8 cm³/mol. The van der Waals surface area contributed by atoms with Gasteiger partial charge in [0, 0.05) is 13.1 Å². The number of nitrogens with zero attached hydrogens (tertiary/aromatic N) is 1. The van der Waals surface area contributed by atoms with Crippen LogP contribution >= 0.6 is 0 Å². The molecule has 5 heteroatoms. The van der Waals surface area contributed by atoms with Crippen molar-refractivity contribution in [2.24, 2.45) is 11.3 Å².